The lowest BCUT2D eigenvalue weighted by Crippen LogP contribution is -2.32. The molecule has 0 amide bonds. The van der Waals surface area contributed by atoms with Crippen molar-refractivity contribution < 1.29 is 23.4 Å². The summed E-state index contributed by atoms with van der Waals surface area (Å²) in [5.41, 5.74) is 0. The van der Waals surface area contributed by atoms with Crippen LogP contribution >= 0.6 is 15.9 Å². The lowest BCUT2D eigenvalue weighted by molar-refractivity contribution is -0.231. The number of alkyl halides is 3. The number of carbonyl (C=O) groups excluding carboxylic acids is 1. The number of halogens is 3. The van der Waals surface area contributed by atoms with Crippen LogP contribution in [0.3, 0.4) is 0 Å². The zero-order valence-corrected chi connectivity index (χ0v) is 8.19. The average molecular weight is 247 g/mol. The highest BCUT2D eigenvalue weighted by atomic mass is 79.9. The van der Waals surface area contributed by atoms with E-state index in [1.54, 1.807) is 0 Å². The van der Waals surface area contributed by atoms with Crippen molar-refractivity contribution in [2.24, 2.45) is 0 Å². The van der Waals surface area contributed by atoms with Crippen LogP contribution in [0.25, 0.3) is 0 Å². The molecule has 0 saturated carbocycles. The molecule has 0 bridgehead atoms. The monoisotopic (exact) mass is 246 g/mol. The molecule has 0 spiro atoms. The summed E-state index contributed by atoms with van der Waals surface area (Å²) >= 11 is 2.91. The molecule has 0 aliphatic heterocycles. The Hall–Kier alpha value is -0.230. The lowest BCUT2D eigenvalue weighted by atomic mass is 10.2. The predicted molar refractivity (Wildman–Crippen MR) is 41.1 cm³/mol. The summed E-state index contributed by atoms with van der Waals surface area (Å²) in [6, 6.07) is 0. The first-order valence-corrected chi connectivity index (χ1v) is 3.88. The first-order chi connectivity index (χ1) is 5.13. The molecule has 72 valence electrons. The maximum atomic E-state index is 11.7. The molecule has 0 heterocycles. The molecule has 0 aliphatic rings. The van der Waals surface area contributed by atoms with E-state index in [2.05, 4.69) is 20.7 Å². The van der Waals surface area contributed by atoms with Crippen LogP contribution in [0.2, 0.25) is 0 Å². The van der Waals surface area contributed by atoms with Crippen molar-refractivity contribution in [3.63, 3.8) is 0 Å². The van der Waals surface area contributed by atoms with E-state index in [-0.39, 0.29) is 0 Å². The third-order valence-electron chi connectivity index (χ3n) is 0.862. The van der Waals surface area contributed by atoms with Gasteiger partial charge in [0.1, 0.15) is 4.32 Å². The molecule has 0 radical (unpaired) electrons. The number of ether oxygens (including phenoxy) is 1. The molecule has 0 aromatic heterocycles. The molecular formula is C6H9BrF2O3. The Balaban J connectivity index is 3.90. The molecule has 1 N–H and O–H groups in total. The van der Waals surface area contributed by atoms with E-state index >= 15 is 0 Å². The Morgan fingerprint density at radius 1 is 1.58 bits per heavy atom. The number of esters is 1. The number of aliphatic hydroxyl groups is 1. The Morgan fingerprint density at radius 2 is 2.00 bits per heavy atom. The minimum Gasteiger partial charge on any atom is -0.455 e. The second-order valence-corrected chi connectivity index (χ2v) is 4.70. The first kappa shape index (κ1) is 11.8. The van der Waals surface area contributed by atoms with E-state index in [1.807, 2.05) is 0 Å². The molecular weight excluding hydrogens is 238 g/mol. The van der Waals surface area contributed by atoms with Crippen LogP contribution in [0, 0.1) is 0 Å². The van der Waals surface area contributed by atoms with Gasteiger partial charge in [0.15, 0.2) is 6.61 Å². The number of hydrogen-bond donors (Lipinski definition) is 1. The van der Waals surface area contributed by atoms with Gasteiger partial charge in [-0.05, 0) is 13.8 Å². The van der Waals surface area contributed by atoms with Crippen LogP contribution in [-0.4, -0.2) is 28.1 Å². The van der Waals surface area contributed by atoms with Crippen molar-refractivity contribution in [1.29, 1.82) is 0 Å². The van der Waals surface area contributed by atoms with Gasteiger partial charge in [0.25, 0.3) is 0 Å². The normalized spacial score (nSPS) is 12.8. The summed E-state index contributed by atoms with van der Waals surface area (Å²) in [4.78, 5) is 10.8. The topological polar surface area (TPSA) is 46.5 Å². The van der Waals surface area contributed by atoms with Crippen molar-refractivity contribution in [2.45, 2.75) is 24.3 Å². The Kier molecular flexibility index (Phi) is 3.59. The van der Waals surface area contributed by atoms with E-state index in [0.29, 0.717) is 0 Å². The van der Waals surface area contributed by atoms with Crippen LogP contribution in [0.5, 0.6) is 0 Å². The zero-order valence-electron chi connectivity index (χ0n) is 6.60. The average Bonchev–Trinajstić information content (AvgIpc) is 1.78. The van der Waals surface area contributed by atoms with Crippen LogP contribution in [-0.2, 0) is 9.53 Å². The van der Waals surface area contributed by atoms with E-state index in [0.717, 1.165) is 0 Å². The highest BCUT2D eigenvalue weighted by molar-refractivity contribution is 9.10. The fourth-order valence-corrected chi connectivity index (χ4v) is 0.438. The van der Waals surface area contributed by atoms with Crippen molar-refractivity contribution >= 4 is 21.9 Å². The van der Waals surface area contributed by atoms with E-state index in [9.17, 15) is 13.6 Å². The van der Waals surface area contributed by atoms with E-state index in [4.69, 9.17) is 5.11 Å². The van der Waals surface area contributed by atoms with Gasteiger partial charge < -0.3 is 9.84 Å². The summed E-state index contributed by atoms with van der Waals surface area (Å²) in [6.07, 6.45) is -3.96. The van der Waals surface area contributed by atoms with Gasteiger partial charge in [-0.3, -0.25) is 4.79 Å². The quantitative estimate of drug-likeness (QED) is 0.603. The number of hydrogen-bond acceptors (Lipinski definition) is 3. The minimum atomic E-state index is -3.96. The van der Waals surface area contributed by atoms with Crippen molar-refractivity contribution in [3.05, 3.63) is 0 Å². The zero-order chi connectivity index (χ0) is 9.99. The van der Waals surface area contributed by atoms with E-state index < -0.39 is 23.0 Å². The molecule has 0 rings (SSSR count). The summed E-state index contributed by atoms with van der Waals surface area (Å²) in [6.45, 7) is 1.58. The molecule has 0 atom stereocenters. The summed E-state index contributed by atoms with van der Waals surface area (Å²) < 4.78 is 26.5. The fraction of sp³-hybridized carbons (Fsp3) is 0.833. The van der Waals surface area contributed by atoms with Crippen molar-refractivity contribution in [2.75, 3.05) is 6.61 Å². The molecule has 12 heavy (non-hydrogen) atoms. The van der Waals surface area contributed by atoms with Crippen molar-refractivity contribution in [1.82, 2.24) is 0 Å². The van der Waals surface area contributed by atoms with Gasteiger partial charge in [0.05, 0.1) is 0 Å². The first-order valence-electron chi connectivity index (χ1n) is 3.09. The summed E-state index contributed by atoms with van der Waals surface area (Å²) in [5, 5.41) is 7.91. The summed E-state index contributed by atoms with van der Waals surface area (Å²) in [7, 11) is 0. The number of rotatable bonds is 3. The molecule has 0 aromatic rings. The Labute approximate surface area is 76.8 Å². The maximum absolute atomic E-state index is 11.7. The van der Waals surface area contributed by atoms with E-state index in [1.165, 1.54) is 13.8 Å². The number of carbonyl (C=O) groups is 1. The van der Waals surface area contributed by atoms with Gasteiger partial charge in [-0.2, -0.15) is 8.78 Å². The molecule has 0 aromatic carbocycles. The van der Waals surface area contributed by atoms with Gasteiger partial charge in [-0.15, -0.1) is 0 Å². The fourth-order valence-electron chi connectivity index (χ4n) is 0.324. The molecule has 0 fully saturated rings. The van der Waals surface area contributed by atoms with Gasteiger partial charge >= 0.3 is 12.1 Å². The van der Waals surface area contributed by atoms with Crippen molar-refractivity contribution in [3.8, 4) is 0 Å². The minimum absolute atomic E-state index is 0.851. The molecule has 0 aliphatic carbocycles. The Bertz CT molecular complexity index is 171. The molecule has 0 saturated heterocycles. The SMILES string of the molecule is CC(C)(Br)C(=O)OCC(O)(F)F. The molecule has 3 nitrogen and oxygen atoms in total. The molecule has 6 heteroatoms. The third kappa shape index (κ3) is 5.42. The lowest BCUT2D eigenvalue weighted by Gasteiger charge is -2.16. The summed E-state index contributed by atoms with van der Waals surface area (Å²) in [5.74, 6) is -0.851. The van der Waals surface area contributed by atoms with Gasteiger partial charge in [0.2, 0.25) is 0 Å². The van der Waals surface area contributed by atoms with Crippen LogP contribution in [0.15, 0.2) is 0 Å². The van der Waals surface area contributed by atoms with Crippen LogP contribution < -0.4 is 0 Å². The smallest absolute Gasteiger partial charge is 0.387 e. The Morgan fingerprint density at radius 3 is 2.25 bits per heavy atom. The highest BCUT2D eigenvalue weighted by Crippen LogP contribution is 2.19. The van der Waals surface area contributed by atoms with Gasteiger partial charge in [-0.1, -0.05) is 15.9 Å². The molecule has 0 unspecified atom stereocenters. The van der Waals surface area contributed by atoms with Crippen LogP contribution in [0.4, 0.5) is 8.78 Å². The maximum Gasteiger partial charge on any atom is 0.387 e. The van der Waals surface area contributed by atoms with Gasteiger partial charge in [-0.25, -0.2) is 0 Å². The highest BCUT2D eigenvalue weighted by Gasteiger charge is 2.31. The second-order valence-electron chi connectivity index (χ2n) is 2.71. The largest absolute Gasteiger partial charge is 0.455 e. The third-order valence-corrected chi connectivity index (χ3v) is 1.19. The standard InChI is InChI=1S/C6H9BrF2O3/c1-5(2,7)4(10)12-3-6(8,9)11/h11H,3H2,1-2H3. The predicted octanol–water partition coefficient (Wildman–Crippen LogP) is 1.29. The van der Waals surface area contributed by atoms with Gasteiger partial charge in [0, 0.05) is 0 Å². The second kappa shape index (κ2) is 3.66. The van der Waals surface area contributed by atoms with Crippen LogP contribution in [0.1, 0.15) is 13.8 Å².